The molecule has 1 N–H and O–H groups in total. The molecular formula is C10H20N2S2. The van der Waals surface area contributed by atoms with Crippen molar-refractivity contribution in [2.45, 2.75) is 18.5 Å². The van der Waals surface area contributed by atoms with Crippen molar-refractivity contribution >= 4 is 23.5 Å². The maximum atomic E-state index is 3.60. The highest BCUT2D eigenvalue weighted by molar-refractivity contribution is 7.99. The lowest BCUT2D eigenvalue weighted by Crippen LogP contribution is -2.47. The van der Waals surface area contributed by atoms with Gasteiger partial charge in [0.1, 0.15) is 0 Å². The Morgan fingerprint density at radius 3 is 2.79 bits per heavy atom. The Bertz CT molecular complexity index is 166. The fourth-order valence-corrected chi connectivity index (χ4v) is 4.34. The molecule has 4 heteroatoms. The quantitative estimate of drug-likeness (QED) is 0.784. The summed E-state index contributed by atoms with van der Waals surface area (Å²) in [7, 11) is 2.29. The molecule has 0 radical (unpaired) electrons. The molecule has 2 rings (SSSR count). The highest BCUT2D eigenvalue weighted by atomic mass is 32.2. The summed E-state index contributed by atoms with van der Waals surface area (Å²) in [6.07, 6.45) is 1.39. The zero-order valence-electron chi connectivity index (χ0n) is 8.87. The molecule has 14 heavy (non-hydrogen) atoms. The van der Waals surface area contributed by atoms with Crippen molar-refractivity contribution in [1.82, 2.24) is 10.2 Å². The Kier molecular flexibility index (Phi) is 4.47. The fourth-order valence-electron chi connectivity index (χ4n) is 2.10. The van der Waals surface area contributed by atoms with Gasteiger partial charge in [-0.25, -0.2) is 0 Å². The fraction of sp³-hybridized carbons (Fsp3) is 1.00. The van der Waals surface area contributed by atoms with Gasteiger partial charge in [0, 0.05) is 42.4 Å². The van der Waals surface area contributed by atoms with E-state index in [-0.39, 0.29) is 0 Å². The van der Waals surface area contributed by atoms with Crippen LogP contribution in [0.1, 0.15) is 6.42 Å². The van der Waals surface area contributed by atoms with Crippen LogP contribution in [0.2, 0.25) is 0 Å². The van der Waals surface area contributed by atoms with E-state index in [1.807, 2.05) is 0 Å². The lowest BCUT2D eigenvalue weighted by molar-refractivity contribution is 0.239. The lowest BCUT2D eigenvalue weighted by Gasteiger charge is -2.31. The van der Waals surface area contributed by atoms with E-state index in [0.29, 0.717) is 0 Å². The average molecular weight is 232 g/mol. The normalized spacial score (nSPS) is 33.9. The lowest BCUT2D eigenvalue weighted by atomic mass is 10.2. The summed E-state index contributed by atoms with van der Waals surface area (Å²) in [4.78, 5) is 2.56. The van der Waals surface area contributed by atoms with Gasteiger partial charge in [0.25, 0.3) is 0 Å². The maximum Gasteiger partial charge on any atom is 0.0285 e. The first kappa shape index (κ1) is 11.1. The van der Waals surface area contributed by atoms with Crippen LogP contribution in [0, 0.1) is 0 Å². The molecule has 0 aliphatic carbocycles. The molecule has 82 valence electrons. The van der Waals surface area contributed by atoms with Gasteiger partial charge < -0.3 is 10.2 Å². The predicted octanol–water partition coefficient (Wildman–Crippen LogP) is 1.13. The monoisotopic (exact) mass is 232 g/mol. The molecule has 2 unspecified atom stereocenters. The van der Waals surface area contributed by atoms with Crippen molar-refractivity contribution in [3.05, 3.63) is 0 Å². The molecule has 0 saturated carbocycles. The van der Waals surface area contributed by atoms with Gasteiger partial charge in [0.2, 0.25) is 0 Å². The predicted molar refractivity (Wildman–Crippen MR) is 67.5 cm³/mol. The van der Waals surface area contributed by atoms with Gasteiger partial charge in [-0.1, -0.05) is 0 Å². The van der Waals surface area contributed by atoms with E-state index in [0.717, 1.165) is 12.1 Å². The molecule has 0 aromatic carbocycles. The highest BCUT2D eigenvalue weighted by Crippen LogP contribution is 2.21. The number of rotatable bonds is 3. The van der Waals surface area contributed by atoms with Crippen LogP contribution in [0.3, 0.4) is 0 Å². The van der Waals surface area contributed by atoms with Crippen LogP contribution < -0.4 is 5.32 Å². The van der Waals surface area contributed by atoms with Gasteiger partial charge in [-0.3, -0.25) is 0 Å². The second kappa shape index (κ2) is 5.64. The summed E-state index contributed by atoms with van der Waals surface area (Å²) in [5.74, 6) is 5.29. The minimum absolute atomic E-state index is 0.726. The number of nitrogens with zero attached hydrogens (tertiary/aromatic N) is 1. The minimum Gasteiger partial charge on any atom is -0.311 e. The Labute approximate surface area is 95.6 Å². The Balaban J connectivity index is 1.72. The van der Waals surface area contributed by atoms with Gasteiger partial charge >= 0.3 is 0 Å². The van der Waals surface area contributed by atoms with Crippen LogP contribution in [0.15, 0.2) is 0 Å². The molecule has 0 bridgehead atoms. The minimum atomic E-state index is 0.726. The Morgan fingerprint density at radius 2 is 2.14 bits per heavy atom. The van der Waals surface area contributed by atoms with Gasteiger partial charge in [-0.15, -0.1) is 0 Å². The van der Waals surface area contributed by atoms with Gasteiger partial charge in [-0.2, -0.15) is 23.5 Å². The van der Waals surface area contributed by atoms with Crippen molar-refractivity contribution in [1.29, 1.82) is 0 Å². The van der Waals surface area contributed by atoms with Crippen LogP contribution in [0.25, 0.3) is 0 Å². The average Bonchev–Trinajstić information content (AvgIpc) is 2.72. The third-order valence-electron chi connectivity index (χ3n) is 3.04. The third kappa shape index (κ3) is 3.05. The molecule has 0 aromatic heterocycles. The summed E-state index contributed by atoms with van der Waals surface area (Å²) in [6.45, 7) is 2.43. The summed E-state index contributed by atoms with van der Waals surface area (Å²) in [5.41, 5.74) is 0. The highest BCUT2D eigenvalue weighted by Gasteiger charge is 2.23. The summed E-state index contributed by atoms with van der Waals surface area (Å²) >= 11 is 4.20. The zero-order chi connectivity index (χ0) is 9.80. The molecular weight excluding hydrogens is 212 g/mol. The van der Waals surface area contributed by atoms with Crippen LogP contribution in [-0.2, 0) is 0 Å². The number of thioether (sulfide) groups is 2. The van der Waals surface area contributed by atoms with E-state index in [4.69, 9.17) is 0 Å². The van der Waals surface area contributed by atoms with E-state index in [1.54, 1.807) is 0 Å². The van der Waals surface area contributed by atoms with Crippen molar-refractivity contribution in [3.8, 4) is 0 Å². The molecule has 2 saturated heterocycles. The first-order valence-corrected chi connectivity index (χ1v) is 7.76. The molecule has 2 fully saturated rings. The van der Waals surface area contributed by atoms with Crippen LogP contribution in [0.4, 0.5) is 0 Å². The molecule has 0 spiro atoms. The molecule has 2 aliphatic rings. The van der Waals surface area contributed by atoms with E-state index >= 15 is 0 Å². The SMILES string of the molecule is CN(CC1CSCCN1)C1CCSC1. The second-order valence-electron chi connectivity index (χ2n) is 4.18. The molecule has 2 heterocycles. The van der Waals surface area contributed by atoms with Crippen LogP contribution >= 0.6 is 23.5 Å². The molecule has 0 amide bonds. The number of nitrogens with one attached hydrogen (secondary N) is 1. The topological polar surface area (TPSA) is 15.3 Å². The van der Waals surface area contributed by atoms with E-state index in [9.17, 15) is 0 Å². The van der Waals surface area contributed by atoms with E-state index < -0.39 is 0 Å². The Hall–Kier alpha value is 0.620. The summed E-state index contributed by atoms with van der Waals surface area (Å²) < 4.78 is 0. The van der Waals surface area contributed by atoms with E-state index in [2.05, 4.69) is 40.8 Å². The first-order chi connectivity index (χ1) is 6.86. The van der Waals surface area contributed by atoms with Crippen molar-refractivity contribution in [2.24, 2.45) is 0 Å². The molecule has 2 aliphatic heterocycles. The van der Waals surface area contributed by atoms with Crippen molar-refractivity contribution in [3.63, 3.8) is 0 Å². The first-order valence-electron chi connectivity index (χ1n) is 5.45. The Morgan fingerprint density at radius 1 is 1.29 bits per heavy atom. The van der Waals surface area contributed by atoms with Crippen LogP contribution in [0.5, 0.6) is 0 Å². The van der Waals surface area contributed by atoms with Crippen LogP contribution in [-0.4, -0.2) is 60.1 Å². The maximum absolute atomic E-state index is 3.60. The third-order valence-corrected chi connectivity index (χ3v) is 5.31. The largest absolute Gasteiger partial charge is 0.311 e. The second-order valence-corrected chi connectivity index (χ2v) is 6.48. The number of likely N-dealkylation sites (N-methyl/N-ethyl adjacent to an activating group) is 1. The standard InChI is InChI=1S/C10H20N2S2/c1-12(10-2-4-13-8-10)6-9-7-14-5-3-11-9/h9-11H,2-8H2,1H3. The smallest absolute Gasteiger partial charge is 0.0285 e. The zero-order valence-corrected chi connectivity index (χ0v) is 10.5. The van der Waals surface area contributed by atoms with E-state index in [1.165, 1.54) is 42.5 Å². The van der Waals surface area contributed by atoms with Crippen molar-refractivity contribution in [2.75, 3.05) is 43.1 Å². The number of hydrogen-bond acceptors (Lipinski definition) is 4. The molecule has 2 atom stereocenters. The summed E-state index contributed by atoms with van der Waals surface area (Å²) in [6, 6.07) is 1.57. The molecule has 2 nitrogen and oxygen atoms in total. The molecule has 0 aromatic rings. The van der Waals surface area contributed by atoms with Gasteiger partial charge in [-0.05, 0) is 19.2 Å². The van der Waals surface area contributed by atoms with Gasteiger partial charge in [0.05, 0.1) is 0 Å². The van der Waals surface area contributed by atoms with Crippen molar-refractivity contribution < 1.29 is 0 Å². The summed E-state index contributed by atoms with van der Waals surface area (Å²) in [5, 5.41) is 3.60. The number of hydrogen-bond donors (Lipinski definition) is 1. The van der Waals surface area contributed by atoms with Gasteiger partial charge in [0.15, 0.2) is 0 Å².